The molecule has 160 valence electrons. The van der Waals surface area contributed by atoms with Crippen LogP contribution in [0.5, 0.6) is 5.75 Å². The number of carboxylic acid groups (broad SMARTS) is 1. The van der Waals surface area contributed by atoms with Gasteiger partial charge in [-0.15, -0.1) is 0 Å². The number of fused-ring (bicyclic) bond motifs is 1. The van der Waals surface area contributed by atoms with Gasteiger partial charge in [-0.3, -0.25) is 0 Å². The van der Waals surface area contributed by atoms with Gasteiger partial charge in [0, 0.05) is 30.8 Å². The Bertz CT molecular complexity index is 1240. The van der Waals surface area contributed by atoms with Crippen LogP contribution in [0.25, 0.3) is 11.2 Å². The summed E-state index contributed by atoms with van der Waals surface area (Å²) in [5, 5.41) is 8.71. The SMILES string of the molecule is COc1ccc(CCN(Cc2ccc(C#CC(=O)O)cc2)c2nc3cccnc3o2)cc1. The monoisotopic (exact) mass is 427 g/mol. The van der Waals surface area contributed by atoms with Crippen molar-refractivity contribution < 1.29 is 19.1 Å². The number of rotatable bonds is 7. The predicted octanol–water partition coefficient (Wildman–Crippen LogP) is 3.92. The Balaban J connectivity index is 1.55. The molecule has 0 atom stereocenters. The predicted molar refractivity (Wildman–Crippen MR) is 121 cm³/mol. The van der Waals surface area contributed by atoms with Crippen LogP contribution in [-0.4, -0.2) is 34.7 Å². The Morgan fingerprint density at radius 3 is 2.53 bits per heavy atom. The Morgan fingerprint density at radius 2 is 1.84 bits per heavy atom. The highest BCUT2D eigenvalue weighted by atomic mass is 16.5. The number of carbonyl (C=O) groups is 1. The third-order valence-electron chi connectivity index (χ3n) is 4.90. The normalized spacial score (nSPS) is 10.4. The van der Waals surface area contributed by atoms with Crippen LogP contribution in [0.2, 0.25) is 0 Å². The average Bonchev–Trinajstić information content (AvgIpc) is 3.25. The molecule has 0 fully saturated rings. The molecule has 2 heterocycles. The fourth-order valence-corrected chi connectivity index (χ4v) is 3.23. The number of anilines is 1. The zero-order valence-corrected chi connectivity index (χ0v) is 17.5. The topological polar surface area (TPSA) is 88.7 Å². The van der Waals surface area contributed by atoms with Crippen LogP contribution in [0.1, 0.15) is 16.7 Å². The molecule has 0 amide bonds. The quantitative estimate of drug-likeness (QED) is 0.447. The van der Waals surface area contributed by atoms with E-state index in [1.807, 2.05) is 48.5 Å². The van der Waals surface area contributed by atoms with Crippen molar-refractivity contribution in [3.63, 3.8) is 0 Å². The number of hydrogen-bond donors (Lipinski definition) is 1. The van der Waals surface area contributed by atoms with E-state index in [2.05, 4.69) is 26.7 Å². The highest BCUT2D eigenvalue weighted by Crippen LogP contribution is 2.23. The number of hydrogen-bond acceptors (Lipinski definition) is 6. The number of nitrogens with zero attached hydrogens (tertiary/aromatic N) is 3. The summed E-state index contributed by atoms with van der Waals surface area (Å²) in [5.41, 5.74) is 4.04. The number of aliphatic carboxylic acids is 1. The smallest absolute Gasteiger partial charge is 0.382 e. The Hall–Kier alpha value is -4.31. The van der Waals surface area contributed by atoms with Crippen molar-refractivity contribution in [2.45, 2.75) is 13.0 Å². The lowest BCUT2D eigenvalue weighted by Crippen LogP contribution is -2.25. The molecule has 32 heavy (non-hydrogen) atoms. The third-order valence-corrected chi connectivity index (χ3v) is 4.90. The van der Waals surface area contributed by atoms with Crippen molar-refractivity contribution >= 4 is 23.2 Å². The van der Waals surface area contributed by atoms with E-state index in [1.54, 1.807) is 25.4 Å². The van der Waals surface area contributed by atoms with Crippen LogP contribution in [0.15, 0.2) is 71.3 Å². The van der Waals surface area contributed by atoms with Gasteiger partial charge in [0.15, 0.2) is 0 Å². The molecule has 0 saturated carbocycles. The van der Waals surface area contributed by atoms with E-state index in [9.17, 15) is 4.79 Å². The van der Waals surface area contributed by atoms with Crippen molar-refractivity contribution in [1.29, 1.82) is 0 Å². The molecule has 1 N–H and O–H groups in total. The molecule has 0 bridgehead atoms. The molecule has 0 radical (unpaired) electrons. The first kappa shape index (κ1) is 20.9. The van der Waals surface area contributed by atoms with Gasteiger partial charge in [0.25, 0.3) is 6.01 Å². The number of methoxy groups -OCH3 is 1. The molecule has 0 saturated heterocycles. The molecular weight excluding hydrogens is 406 g/mol. The largest absolute Gasteiger partial charge is 0.497 e. The van der Waals surface area contributed by atoms with Gasteiger partial charge in [0.2, 0.25) is 5.71 Å². The summed E-state index contributed by atoms with van der Waals surface area (Å²) < 4.78 is 11.1. The minimum absolute atomic E-state index is 0.497. The van der Waals surface area contributed by atoms with Crippen molar-refractivity contribution in [3.05, 3.63) is 83.6 Å². The molecule has 4 rings (SSSR count). The maximum absolute atomic E-state index is 10.6. The fourth-order valence-electron chi connectivity index (χ4n) is 3.23. The van der Waals surface area contributed by atoms with Gasteiger partial charge >= 0.3 is 5.97 Å². The van der Waals surface area contributed by atoms with Crippen LogP contribution in [0.3, 0.4) is 0 Å². The highest BCUT2D eigenvalue weighted by Gasteiger charge is 2.15. The highest BCUT2D eigenvalue weighted by molar-refractivity contribution is 5.87. The molecule has 0 spiro atoms. The molecule has 0 aliphatic heterocycles. The van der Waals surface area contributed by atoms with Crippen LogP contribution in [-0.2, 0) is 17.8 Å². The summed E-state index contributed by atoms with van der Waals surface area (Å²) in [6, 6.07) is 19.6. The van der Waals surface area contributed by atoms with E-state index in [0.29, 0.717) is 35.9 Å². The van der Waals surface area contributed by atoms with Gasteiger partial charge in [0.1, 0.15) is 11.3 Å². The van der Waals surface area contributed by atoms with Gasteiger partial charge in [0.05, 0.1) is 7.11 Å². The Kier molecular flexibility index (Phi) is 6.33. The molecule has 0 aliphatic rings. The van der Waals surface area contributed by atoms with E-state index in [4.69, 9.17) is 14.3 Å². The second-order valence-electron chi connectivity index (χ2n) is 7.10. The van der Waals surface area contributed by atoms with Crippen molar-refractivity contribution in [3.8, 4) is 17.6 Å². The summed E-state index contributed by atoms with van der Waals surface area (Å²) in [4.78, 5) is 21.5. The lowest BCUT2D eigenvalue weighted by atomic mass is 10.1. The third kappa shape index (κ3) is 5.24. The van der Waals surface area contributed by atoms with Crippen molar-refractivity contribution in [2.24, 2.45) is 0 Å². The summed E-state index contributed by atoms with van der Waals surface area (Å²) in [6.07, 6.45) is 2.47. The molecule has 2 aromatic carbocycles. The van der Waals surface area contributed by atoms with Crippen LogP contribution in [0.4, 0.5) is 6.01 Å². The van der Waals surface area contributed by atoms with E-state index >= 15 is 0 Å². The van der Waals surface area contributed by atoms with Crippen LogP contribution >= 0.6 is 0 Å². The first-order chi connectivity index (χ1) is 15.6. The van der Waals surface area contributed by atoms with Gasteiger partial charge < -0.3 is 19.2 Å². The lowest BCUT2D eigenvalue weighted by molar-refractivity contribution is -0.130. The van der Waals surface area contributed by atoms with Gasteiger partial charge in [-0.1, -0.05) is 30.2 Å². The van der Waals surface area contributed by atoms with Gasteiger partial charge in [-0.05, 0) is 53.9 Å². The molecule has 7 heteroatoms. The maximum Gasteiger partial charge on any atom is 0.382 e. The molecule has 4 aromatic rings. The summed E-state index contributed by atoms with van der Waals surface area (Å²) in [6.45, 7) is 1.25. The standard InChI is InChI=1S/C25H21N3O4/c1-31-21-11-8-19(9-12-21)14-16-28(25-27-22-3-2-15-26-24(22)32-25)17-20-6-4-18(5-7-20)10-13-23(29)30/h2-9,11-12,15H,14,16-17H2,1H3,(H,29,30). The zero-order valence-electron chi connectivity index (χ0n) is 17.5. The Labute approximate surface area is 185 Å². The van der Waals surface area contributed by atoms with E-state index in [0.717, 1.165) is 17.7 Å². The minimum Gasteiger partial charge on any atom is -0.497 e. The maximum atomic E-state index is 10.6. The Morgan fingerprint density at radius 1 is 1.09 bits per heavy atom. The molecule has 0 aliphatic carbocycles. The molecule has 2 aromatic heterocycles. The van der Waals surface area contributed by atoms with Crippen LogP contribution < -0.4 is 9.64 Å². The first-order valence-corrected chi connectivity index (χ1v) is 10.0. The minimum atomic E-state index is -1.15. The number of oxazole rings is 1. The number of benzene rings is 2. The summed E-state index contributed by atoms with van der Waals surface area (Å²) >= 11 is 0. The second-order valence-corrected chi connectivity index (χ2v) is 7.10. The molecule has 0 unspecified atom stereocenters. The number of pyridine rings is 1. The number of aromatic nitrogens is 2. The lowest BCUT2D eigenvalue weighted by Gasteiger charge is -2.21. The zero-order chi connectivity index (χ0) is 22.3. The summed E-state index contributed by atoms with van der Waals surface area (Å²) in [7, 11) is 1.65. The van der Waals surface area contributed by atoms with E-state index in [1.165, 1.54) is 5.56 Å². The van der Waals surface area contributed by atoms with Crippen molar-refractivity contribution in [1.82, 2.24) is 9.97 Å². The second kappa shape index (κ2) is 9.67. The van der Waals surface area contributed by atoms with Gasteiger partial charge in [-0.2, -0.15) is 4.98 Å². The van der Waals surface area contributed by atoms with E-state index in [-0.39, 0.29) is 0 Å². The number of carboxylic acids is 1. The molecular formula is C25H21N3O4. The van der Waals surface area contributed by atoms with E-state index < -0.39 is 5.97 Å². The average molecular weight is 427 g/mol. The van der Waals surface area contributed by atoms with Crippen LogP contribution in [0, 0.1) is 11.8 Å². The first-order valence-electron chi connectivity index (χ1n) is 10.0. The summed E-state index contributed by atoms with van der Waals surface area (Å²) in [5.74, 6) is 4.41. The number of ether oxygens (including phenoxy) is 1. The fraction of sp³-hybridized carbons (Fsp3) is 0.160. The van der Waals surface area contributed by atoms with Gasteiger partial charge in [-0.25, -0.2) is 9.78 Å². The molecule has 7 nitrogen and oxygen atoms in total. The van der Waals surface area contributed by atoms with Crippen molar-refractivity contribution in [2.75, 3.05) is 18.6 Å².